The Hall–Kier alpha value is -1.42. The van der Waals surface area contributed by atoms with Gasteiger partial charge in [-0.3, -0.25) is 9.59 Å². The number of carboxylic acid groups (broad SMARTS) is 1. The highest BCUT2D eigenvalue weighted by Crippen LogP contribution is 2.33. The normalized spacial score (nSPS) is 23.6. The molecule has 0 heterocycles. The number of allylic oxidation sites excluding steroid dienone is 3. The number of rotatable bonds is 12. The van der Waals surface area contributed by atoms with Crippen LogP contribution in [0.3, 0.4) is 0 Å². The quantitative estimate of drug-likeness (QED) is 0.396. The first kappa shape index (κ1) is 21.6. The van der Waals surface area contributed by atoms with E-state index < -0.39 is 11.6 Å². The van der Waals surface area contributed by atoms with Gasteiger partial charge in [-0.15, -0.1) is 0 Å². The first-order valence-electron chi connectivity index (χ1n) is 9.67. The molecule has 0 aromatic heterocycles. The lowest BCUT2D eigenvalue weighted by Gasteiger charge is -2.20. The lowest BCUT2D eigenvalue weighted by atomic mass is 9.89. The van der Waals surface area contributed by atoms with Gasteiger partial charge in [0.1, 0.15) is 5.78 Å². The van der Waals surface area contributed by atoms with Gasteiger partial charge in [-0.25, -0.2) is 0 Å². The number of carboxylic acids is 1. The second-order valence-corrected chi connectivity index (χ2v) is 7.44. The van der Waals surface area contributed by atoms with E-state index in [2.05, 4.69) is 6.92 Å². The molecule has 142 valence electrons. The van der Waals surface area contributed by atoms with Crippen LogP contribution in [-0.4, -0.2) is 27.6 Å². The molecule has 0 aromatic carbocycles. The van der Waals surface area contributed by atoms with Crippen LogP contribution < -0.4 is 0 Å². The Balaban J connectivity index is 2.47. The summed E-state index contributed by atoms with van der Waals surface area (Å²) >= 11 is 0. The smallest absolute Gasteiger partial charge is 0.303 e. The maximum Gasteiger partial charge on any atom is 0.303 e. The summed E-state index contributed by atoms with van der Waals surface area (Å²) in [6.07, 6.45) is 15.7. The van der Waals surface area contributed by atoms with E-state index in [1.165, 1.54) is 0 Å². The highest BCUT2D eigenvalue weighted by atomic mass is 16.4. The second kappa shape index (κ2) is 11.2. The van der Waals surface area contributed by atoms with Crippen LogP contribution >= 0.6 is 0 Å². The van der Waals surface area contributed by atoms with Gasteiger partial charge in [0.05, 0.1) is 5.60 Å². The predicted molar refractivity (Wildman–Crippen MR) is 100 cm³/mol. The molecule has 0 amide bonds. The van der Waals surface area contributed by atoms with Gasteiger partial charge in [0.25, 0.3) is 0 Å². The summed E-state index contributed by atoms with van der Waals surface area (Å²) in [6, 6.07) is 0. The second-order valence-electron chi connectivity index (χ2n) is 7.44. The lowest BCUT2D eigenvalue weighted by Crippen LogP contribution is -2.21. The van der Waals surface area contributed by atoms with Gasteiger partial charge < -0.3 is 10.2 Å². The number of unbranched alkanes of at least 4 members (excludes halogenated alkanes) is 3. The van der Waals surface area contributed by atoms with E-state index in [0.29, 0.717) is 25.0 Å². The number of aliphatic carboxylic acids is 1. The van der Waals surface area contributed by atoms with Gasteiger partial charge in [-0.2, -0.15) is 0 Å². The maximum absolute atomic E-state index is 12.1. The molecule has 4 heteroatoms. The summed E-state index contributed by atoms with van der Waals surface area (Å²) in [5, 5.41) is 19.0. The van der Waals surface area contributed by atoms with E-state index in [4.69, 9.17) is 5.11 Å². The molecule has 1 aliphatic carbocycles. The van der Waals surface area contributed by atoms with Crippen molar-refractivity contribution in [2.75, 3.05) is 0 Å². The Morgan fingerprint density at radius 1 is 1.28 bits per heavy atom. The molecule has 1 rings (SSSR count). The molecule has 0 aromatic rings. The third-order valence-electron chi connectivity index (χ3n) is 4.96. The summed E-state index contributed by atoms with van der Waals surface area (Å²) in [6.45, 7) is 3.99. The van der Waals surface area contributed by atoms with Gasteiger partial charge in [0.2, 0.25) is 0 Å². The maximum atomic E-state index is 12.1. The molecule has 2 N–H and O–H groups in total. The zero-order valence-electron chi connectivity index (χ0n) is 15.7. The zero-order chi connectivity index (χ0) is 18.7. The van der Waals surface area contributed by atoms with Crippen molar-refractivity contribution >= 4 is 11.8 Å². The van der Waals surface area contributed by atoms with Crippen molar-refractivity contribution in [1.82, 2.24) is 0 Å². The van der Waals surface area contributed by atoms with Crippen molar-refractivity contribution in [2.45, 2.75) is 83.7 Å². The Morgan fingerprint density at radius 2 is 2.04 bits per heavy atom. The molecule has 0 saturated heterocycles. The van der Waals surface area contributed by atoms with Crippen LogP contribution in [0.25, 0.3) is 0 Å². The van der Waals surface area contributed by atoms with Crippen molar-refractivity contribution in [1.29, 1.82) is 0 Å². The van der Waals surface area contributed by atoms with Gasteiger partial charge in [-0.1, -0.05) is 50.5 Å². The fourth-order valence-electron chi connectivity index (χ4n) is 3.35. The van der Waals surface area contributed by atoms with E-state index in [9.17, 15) is 14.7 Å². The van der Waals surface area contributed by atoms with Crippen LogP contribution in [0.5, 0.6) is 0 Å². The molecule has 0 bridgehead atoms. The molecule has 1 unspecified atom stereocenters. The number of carbonyl (C=O) groups is 2. The van der Waals surface area contributed by atoms with Crippen molar-refractivity contribution in [2.24, 2.45) is 11.8 Å². The van der Waals surface area contributed by atoms with Crippen LogP contribution in [0, 0.1) is 11.8 Å². The summed E-state index contributed by atoms with van der Waals surface area (Å²) in [5.74, 6) is -0.266. The minimum atomic E-state index is -0.794. The van der Waals surface area contributed by atoms with Crippen molar-refractivity contribution in [3.05, 3.63) is 24.3 Å². The third kappa shape index (κ3) is 9.01. The average molecular weight is 350 g/mol. The Labute approximate surface area is 152 Å². The largest absolute Gasteiger partial charge is 0.481 e. The molecular weight excluding hydrogens is 316 g/mol. The molecule has 4 nitrogen and oxygen atoms in total. The lowest BCUT2D eigenvalue weighted by molar-refractivity contribution is -0.137. The molecule has 3 atom stereocenters. The Bertz CT molecular complexity index is 476. The fraction of sp³-hybridized carbons (Fsp3) is 0.714. The number of carbonyl (C=O) groups excluding carboxylic acids is 1. The van der Waals surface area contributed by atoms with Crippen molar-refractivity contribution in [3.8, 4) is 0 Å². The molecule has 1 saturated carbocycles. The highest BCUT2D eigenvalue weighted by Gasteiger charge is 2.32. The van der Waals surface area contributed by atoms with Gasteiger partial charge in [-0.05, 0) is 44.9 Å². The van der Waals surface area contributed by atoms with Gasteiger partial charge >= 0.3 is 5.97 Å². The Kier molecular flexibility index (Phi) is 9.73. The van der Waals surface area contributed by atoms with Crippen LogP contribution in [0.1, 0.15) is 78.1 Å². The molecule has 0 radical (unpaired) electrons. The van der Waals surface area contributed by atoms with Gasteiger partial charge in [0.15, 0.2) is 0 Å². The number of hydrogen-bond acceptors (Lipinski definition) is 3. The molecule has 1 fully saturated rings. The zero-order valence-corrected chi connectivity index (χ0v) is 15.7. The SMILES string of the molecule is CCCCCC(C)(O)C=C[C@@H]1CCC(=O)[C@H]1CC=CCCCC(=O)O. The van der Waals surface area contributed by atoms with Crippen molar-refractivity contribution in [3.63, 3.8) is 0 Å². The van der Waals surface area contributed by atoms with Gasteiger partial charge in [0, 0.05) is 18.8 Å². The molecule has 25 heavy (non-hydrogen) atoms. The van der Waals surface area contributed by atoms with Crippen LogP contribution in [-0.2, 0) is 9.59 Å². The van der Waals surface area contributed by atoms with E-state index in [1.54, 1.807) is 0 Å². The summed E-state index contributed by atoms with van der Waals surface area (Å²) < 4.78 is 0. The molecule has 1 aliphatic rings. The monoisotopic (exact) mass is 350 g/mol. The summed E-state index contributed by atoms with van der Waals surface area (Å²) in [7, 11) is 0. The number of Topliss-reactive ketones (excluding diaryl/α,β-unsaturated/α-hetero) is 1. The minimum absolute atomic E-state index is 0.00147. The molecule has 0 aliphatic heterocycles. The summed E-state index contributed by atoms with van der Waals surface area (Å²) in [5.41, 5.74) is -0.794. The predicted octanol–water partition coefficient (Wildman–Crippen LogP) is 4.67. The van der Waals surface area contributed by atoms with Crippen LogP contribution in [0.4, 0.5) is 0 Å². The topological polar surface area (TPSA) is 74.6 Å². The summed E-state index contributed by atoms with van der Waals surface area (Å²) in [4.78, 5) is 22.6. The van der Waals surface area contributed by atoms with E-state index >= 15 is 0 Å². The number of ketones is 1. The minimum Gasteiger partial charge on any atom is -0.481 e. The molecular formula is C21H34O4. The number of aliphatic hydroxyl groups is 1. The average Bonchev–Trinajstić information content (AvgIpc) is 2.89. The third-order valence-corrected chi connectivity index (χ3v) is 4.96. The fourth-order valence-corrected chi connectivity index (χ4v) is 3.35. The Morgan fingerprint density at radius 3 is 2.72 bits per heavy atom. The number of hydrogen-bond donors (Lipinski definition) is 2. The van der Waals surface area contributed by atoms with E-state index in [0.717, 1.165) is 38.5 Å². The van der Waals surface area contributed by atoms with E-state index in [-0.39, 0.29) is 18.3 Å². The van der Waals surface area contributed by atoms with E-state index in [1.807, 2.05) is 31.2 Å². The first-order valence-corrected chi connectivity index (χ1v) is 9.67. The van der Waals surface area contributed by atoms with Crippen molar-refractivity contribution < 1.29 is 19.8 Å². The van der Waals surface area contributed by atoms with Crippen LogP contribution in [0.2, 0.25) is 0 Å². The first-order chi connectivity index (χ1) is 11.9. The highest BCUT2D eigenvalue weighted by molar-refractivity contribution is 5.83. The molecule has 0 spiro atoms. The van der Waals surface area contributed by atoms with Crippen LogP contribution in [0.15, 0.2) is 24.3 Å². The standard InChI is InChI=1S/C21H34O4/c1-3-4-9-15-21(2,25)16-14-17-12-13-19(22)18(17)10-7-5-6-8-11-20(23)24/h5,7,14,16-18,25H,3-4,6,8-13,15H2,1-2H3,(H,23,24)/t17-,18-,21?/m0/s1.